The number of pyridine rings is 1. The molecule has 0 amide bonds. The number of rotatable bonds is 7. The standard InChI is InChI=1S/C15H15ClN2O5S/c1-22-15(19)10-23-14-5-4-12(7-13(14)16)24(20,21)18-9-11-3-2-6-17-8-11/h2-8,18H,9-10H2,1H3. The second-order valence-electron chi connectivity index (χ2n) is 4.64. The molecule has 0 unspecified atom stereocenters. The third-order valence-electron chi connectivity index (χ3n) is 2.98. The quantitative estimate of drug-likeness (QED) is 0.746. The van der Waals surface area contributed by atoms with Crippen molar-refractivity contribution < 1.29 is 22.7 Å². The highest BCUT2D eigenvalue weighted by Gasteiger charge is 2.16. The van der Waals surface area contributed by atoms with Gasteiger partial charge in [-0.1, -0.05) is 17.7 Å². The molecular weight excluding hydrogens is 356 g/mol. The summed E-state index contributed by atoms with van der Waals surface area (Å²) in [5.41, 5.74) is 0.727. The van der Waals surface area contributed by atoms with Crippen LogP contribution in [-0.4, -0.2) is 33.1 Å². The summed E-state index contributed by atoms with van der Waals surface area (Å²) in [6, 6.07) is 7.44. The predicted octanol–water partition coefficient (Wildman–Crippen LogP) is 1.77. The fourth-order valence-electron chi connectivity index (χ4n) is 1.73. The van der Waals surface area contributed by atoms with Crippen LogP contribution in [0.25, 0.3) is 0 Å². The summed E-state index contributed by atoms with van der Waals surface area (Å²) in [5, 5.41) is 0.0724. The number of halogens is 1. The Bertz CT molecular complexity index is 812. The molecule has 0 saturated carbocycles. The lowest BCUT2D eigenvalue weighted by molar-refractivity contribution is -0.142. The van der Waals surface area contributed by atoms with Crippen LogP contribution in [0.3, 0.4) is 0 Å². The Hall–Kier alpha value is -2.16. The minimum atomic E-state index is -3.74. The van der Waals surface area contributed by atoms with Crippen LogP contribution in [0.5, 0.6) is 5.75 Å². The number of esters is 1. The van der Waals surface area contributed by atoms with Crippen molar-refractivity contribution in [3.63, 3.8) is 0 Å². The Balaban J connectivity index is 2.07. The van der Waals surface area contributed by atoms with E-state index in [9.17, 15) is 13.2 Å². The molecule has 0 aliphatic carbocycles. The zero-order chi connectivity index (χ0) is 17.6. The Kier molecular flexibility index (Phi) is 6.13. The molecule has 0 spiro atoms. The van der Waals surface area contributed by atoms with Crippen LogP contribution in [-0.2, 0) is 26.1 Å². The highest BCUT2D eigenvalue weighted by molar-refractivity contribution is 7.89. The fourth-order valence-corrected chi connectivity index (χ4v) is 3.07. The van der Waals surface area contributed by atoms with E-state index in [2.05, 4.69) is 14.4 Å². The first-order valence-electron chi connectivity index (χ1n) is 6.80. The van der Waals surface area contributed by atoms with Crippen LogP contribution in [0.2, 0.25) is 5.02 Å². The number of nitrogens with one attached hydrogen (secondary N) is 1. The second-order valence-corrected chi connectivity index (χ2v) is 6.82. The third kappa shape index (κ3) is 4.92. The highest BCUT2D eigenvalue weighted by atomic mass is 35.5. The zero-order valence-electron chi connectivity index (χ0n) is 12.7. The van der Waals surface area contributed by atoms with E-state index in [1.165, 1.54) is 25.3 Å². The number of aromatic nitrogens is 1. The molecule has 7 nitrogen and oxygen atoms in total. The number of nitrogens with zero attached hydrogens (tertiary/aromatic N) is 1. The summed E-state index contributed by atoms with van der Waals surface area (Å²) in [6.45, 7) is -0.212. The minimum Gasteiger partial charge on any atom is -0.480 e. The van der Waals surface area contributed by atoms with Crippen LogP contribution in [0.1, 0.15) is 5.56 Å². The van der Waals surface area contributed by atoms with Crippen LogP contribution in [0.15, 0.2) is 47.6 Å². The first-order chi connectivity index (χ1) is 11.4. The number of hydrogen-bond donors (Lipinski definition) is 1. The van der Waals surface area contributed by atoms with E-state index in [-0.39, 0.29) is 28.8 Å². The number of benzene rings is 1. The van der Waals surface area contributed by atoms with Gasteiger partial charge in [-0.3, -0.25) is 4.98 Å². The summed E-state index contributed by atoms with van der Waals surface area (Å²) in [4.78, 5) is 14.9. The average molecular weight is 371 g/mol. The van der Waals surface area contributed by atoms with Gasteiger partial charge in [0.25, 0.3) is 0 Å². The summed E-state index contributed by atoms with van der Waals surface area (Å²) in [6.07, 6.45) is 3.17. The van der Waals surface area contributed by atoms with Crippen molar-refractivity contribution in [2.75, 3.05) is 13.7 Å². The van der Waals surface area contributed by atoms with Gasteiger partial charge in [0.1, 0.15) is 5.75 Å². The van der Waals surface area contributed by atoms with Gasteiger partial charge in [-0.05, 0) is 29.8 Å². The van der Waals surface area contributed by atoms with Crippen molar-refractivity contribution in [1.82, 2.24) is 9.71 Å². The second kappa shape index (κ2) is 8.09. The molecular formula is C15H15ClN2O5S. The number of methoxy groups -OCH3 is 1. The lowest BCUT2D eigenvalue weighted by Crippen LogP contribution is -2.23. The minimum absolute atomic E-state index is 0.0122. The molecule has 1 aromatic heterocycles. The maximum atomic E-state index is 12.3. The Morgan fingerprint density at radius 3 is 2.75 bits per heavy atom. The SMILES string of the molecule is COC(=O)COc1ccc(S(=O)(=O)NCc2cccnc2)cc1Cl. The van der Waals surface area contributed by atoms with Gasteiger partial charge in [-0.15, -0.1) is 0 Å². The third-order valence-corrected chi connectivity index (χ3v) is 4.67. The molecule has 0 radical (unpaired) electrons. The Morgan fingerprint density at radius 2 is 2.12 bits per heavy atom. The van der Waals surface area contributed by atoms with Crippen LogP contribution in [0.4, 0.5) is 0 Å². The maximum Gasteiger partial charge on any atom is 0.343 e. The summed E-state index contributed by atoms with van der Waals surface area (Å²) < 4.78 is 36.6. The van der Waals surface area contributed by atoms with E-state index >= 15 is 0 Å². The van der Waals surface area contributed by atoms with Gasteiger partial charge in [0.05, 0.1) is 17.0 Å². The lowest BCUT2D eigenvalue weighted by atomic mass is 10.3. The number of carbonyl (C=O) groups is 1. The molecule has 0 saturated heterocycles. The first-order valence-corrected chi connectivity index (χ1v) is 8.66. The van der Waals surface area contributed by atoms with Crippen molar-refractivity contribution in [3.8, 4) is 5.75 Å². The molecule has 0 aliphatic heterocycles. The Morgan fingerprint density at radius 1 is 1.33 bits per heavy atom. The van der Waals surface area contributed by atoms with Crippen molar-refractivity contribution in [1.29, 1.82) is 0 Å². The largest absolute Gasteiger partial charge is 0.480 e. The first kappa shape index (κ1) is 18.2. The molecule has 2 aromatic rings. The number of carbonyl (C=O) groups excluding carboxylic acids is 1. The van der Waals surface area contributed by atoms with Gasteiger partial charge in [-0.2, -0.15) is 0 Å². The molecule has 128 valence electrons. The smallest absolute Gasteiger partial charge is 0.343 e. The summed E-state index contributed by atoms with van der Waals surface area (Å²) in [7, 11) is -2.51. The molecule has 2 rings (SSSR count). The van der Waals surface area contributed by atoms with E-state index in [1.54, 1.807) is 24.5 Å². The van der Waals surface area contributed by atoms with E-state index < -0.39 is 16.0 Å². The topological polar surface area (TPSA) is 94.6 Å². The number of sulfonamides is 1. The van der Waals surface area contributed by atoms with E-state index in [4.69, 9.17) is 16.3 Å². The molecule has 0 bridgehead atoms. The molecule has 1 heterocycles. The van der Waals surface area contributed by atoms with Crippen molar-refractivity contribution in [3.05, 3.63) is 53.3 Å². The van der Waals surface area contributed by atoms with Gasteiger partial charge in [-0.25, -0.2) is 17.9 Å². The molecule has 0 atom stereocenters. The number of hydrogen-bond acceptors (Lipinski definition) is 6. The van der Waals surface area contributed by atoms with Crippen LogP contribution >= 0.6 is 11.6 Å². The van der Waals surface area contributed by atoms with Crippen LogP contribution in [0, 0.1) is 0 Å². The van der Waals surface area contributed by atoms with Crippen molar-refractivity contribution in [2.45, 2.75) is 11.4 Å². The summed E-state index contributed by atoms with van der Waals surface area (Å²) >= 11 is 6.00. The molecule has 0 fully saturated rings. The molecule has 1 N–H and O–H groups in total. The van der Waals surface area contributed by atoms with Gasteiger partial charge < -0.3 is 9.47 Å². The Labute approximate surface area is 144 Å². The molecule has 24 heavy (non-hydrogen) atoms. The van der Waals surface area contributed by atoms with E-state index in [1.807, 2.05) is 0 Å². The van der Waals surface area contributed by atoms with E-state index in [0.29, 0.717) is 0 Å². The van der Waals surface area contributed by atoms with Gasteiger partial charge in [0.2, 0.25) is 10.0 Å². The zero-order valence-corrected chi connectivity index (χ0v) is 14.3. The average Bonchev–Trinajstić information content (AvgIpc) is 2.59. The maximum absolute atomic E-state index is 12.3. The highest BCUT2D eigenvalue weighted by Crippen LogP contribution is 2.27. The van der Waals surface area contributed by atoms with E-state index in [0.717, 1.165) is 5.56 Å². The normalized spacial score (nSPS) is 11.1. The van der Waals surface area contributed by atoms with Crippen LogP contribution < -0.4 is 9.46 Å². The predicted molar refractivity (Wildman–Crippen MR) is 87.2 cm³/mol. The molecule has 0 aliphatic rings. The van der Waals surface area contributed by atoms with Crippen molar-refractivity contribution in [2.24, 2.45) is 0 Å². The van der Waals surface area contributed by atoms with Crippen molar-refractivity contribution >= 4 is 27.6 Å². The summed E-state index contributed by atoms with van der Waals surface area (Å²) in [5.74, 6) is -0.380. The van der Waals surface area contributed by atoms with Gasteiger partial charge in [0, 0.05) is 18.9 Å². The molecule has 1 aromatic carbocycles. The van der Waals surface area contributed by atoms with Gasteiger partial charge in [0.15, 0.2) is 6.61 Å². The van der Waals surface area contributed by atoms with Gasteiger partial charge >= 0.3 is 5.97 Å². The monoisotopic (exact) mass is 370 g/mol. The lowest BCUT2D eigenvalue weighted by Gasteiger charge is -2.10. The molecule has 9 heteroatoms. The number of ether oxygens (including phenoxy) is 2. The fraction of sp³-hybridized carbons (Fsp3) is 0.200.